The average Bonchev–Trinajstić information content (AvgIpc) is 3.12. The summed E-state index contributed by atoms with van der Waals surface area (Å²) in [6.07, 6.45) is 2.16. The van der Waals surface area contributed by atoms with Crippen LogP contribution in [0.5, 0.6) is 5.75 Å². The number of hydrogen-bond acceptors (Lipinski definition) is 6. The quantitative estimate of drug-likeness (QED) is 0.314. The molecule has 2 unspecified atom stereocenters. The Balaban J connectivity index is 1.92. The molecule has 1 aliphatic rings. The number of carbonyl (C=O) groups is 3. The Morgan fingerprint density at radius 3 is 2.54 bits per heavy atom. The first-order valence-electron chi connectivity index (χ1n) is 8.12. The molecule has 0 spiro atoms. The molecule has 1 saturated heterocycles. The second kappa shape index (κ2) is 8.59. The summed E-state index contributed by atoms with van der Waals surface area (Å²) in [7, 11) is 0. The molecule has 0 radical (unpaired) electrons. The van der Waals surface area contributed by atoms with Gasteiger partial charge in [0.15, 0.2) is 5.78 Å². The molecule has 24 heavy (non-hydrogen) atoms. The van der Waals surface area contributed by atoms with Gasteiger partial charge < -0.3 is 14.2 Å². The third-order valence-electron chi connectivity index (χ3n) is 3.86. The molecule has 0 bridgehead atoms. The van der Waals surface area contributed by atoms with Crippen LogP contribution in [0.4, 0.5) is 0 Å². The fourth-order valence-electron chi connectivity index (χ4n) is 2.43. The standard InChI is InChI=1S/C18H22O6/c1-3-22-18(21)17(20)12(2)16(19)13-6-8-14(9-7-13)24-11-15-5-4-10-23-15/h6-9,12,15H,3-5,10-11H2,1-2H3. The summed E-state index contributed by atoms with van der Waals surface area (Å²) in [4.78, 5) is 35.5. The molecule has 1 aromatic carbocycles. The van der Waals surface area contributed by atoms with Crippen molar-refractivity contribution in [2.45, 2.75) is 32.8 Å². The molecule has 2 atom stereocenters. The lowest BCUT2D eigenvalue weighted by Crippen LogP contribution is -2.29. The van der Waals surface area contributed by atoms with Gasteiger partial charge in [-0.25, -0.2) is 4.79 Å². The molecule has 1 aromatic rings. The van der Waals surface area contributed by atoms with Gasteiger partial charge in [-0.1, -0.05) is 0 Å². The lowest BCUT2D eigenvalue weighted by Gasteiger charge is -2.12. The average molecular weight is 334 g/mol. The van der Waals surface area contributed by atoms with Crippen LogP contribution in [-0.2, 0) is 19.1 Å². The van der Waals surface area contributed by atoms with E-state index in [2.05, 4.69) is 4.74 Å². The highest BCUT2D eigenvalue weighted by molar-refractivity contribution is 6.39. The molecule has 0 saturated carbocycles. The van der Waals surface area contributed by atoms with Crippen molar-refractivity contribution < 1.29 is 28.6 Å². The van der Waals surface area contributed by atoms with E-state index in [0.29, 0.717) is 17.9 Å². The first-order chi connectivity index (χ1) is 11.5. The Labute approximate surface area is 141 Å². The first kappa shape index (κ1) is 18.1. The summed E-state index contributed by atoms with van der Waals surface area (Å²) in [6, 6.07) is 6.51. The third kappa shape index (κ3) is 4.64. The molecular weight excluding hydrogens is 312 g/mol. The zero-order valence-corrected chi connectivity index (χ0v) is 13.9. The zero-order chi connectivity index (χ0) is 17.5. The highest BCUT2D eigenvalue weighted by Crippen LogP contribution is 2.18. The number of ether oxygens (including phenoxy) is 3. The van der Waals surface area contributed by atoms with E-state index in [-0.39, 0.29) is 12.7 Å². The molecule has 1 aliphatic heterocycles. The Morgan fingerprint density at radius 2 is 1.96 bits per heavy atom. The monoisotopic (exact) mass is 334 g/mol. The third-order valence-corrected chi connectivity index (χ3v) is 3.86. The molecule has 0 amide bonds. The smallest absolute Gasteiger partial charge is 0.375 e. The van der Waals surface area contributed by atoms with Crippen molar-refractivity contribution in [3.8, 4) is 5.75 Å². The van der Waals surface area contributed by atoms with E-state index in [0.717, 1.165) is 19.4 Å². The maximum atomic E-state index is 12.3. The van der Waals surface area contributed by atoms with Gasteiger partial charge in [-0.2, -0.15) is 0 Å². The van der Waals surface area contributed by atoms with Gasteiger partial charge in [0.25, 0.3) is 5.78 Å². The Hall–Kier alpha value is -2.21. The minimum atomic E-state index is -1.07. The maximum Gasteiger partial charge on any atom is 0.375 e. The van der Waals surface area contributed by atoms with Gasteiger partial charge in [-0.15, -0.1) is 0 Å². The fraction of sp³-hybridized carbons (Fsp3) is 0.500. The molecule has 6 heteroatoms. The largest absolute Gasteiger partial charge is 0.491 e. The van der Waals surface area contributed by atoms with Crippen molar-refractivity contribution in [2.24, 2.45) is 5.92 Å². The van der Waals surface area contributed by atoms with Crippen molar-refractivity contribution in [1.82, 2.24) is 0 Å². The molecule has 1 heterocycles. The summed E-state index contributed by atoms with van der Waals surface area (Å²) >= 11 is 0. The van der Waals surface area contributed by atoms with Crippen LogP contribution in [0.3, 0.4) is 0 Å². The lowest BCUT2D eigenvalue weighted by atomic mass is 9.95. The van der Waals surface area contributed by atoms with Crippen molar-refractivity contribution in [1.29, 1.82) is 0 Å². The van der Waals surface area contributed by atoms with E-state index in [1.54, 1.807) is 31.2 Å². The van der Waals surface area contributed by atoms with Crippen LogP contribution >= 0.6 is 0 Å². The number of carbonyl (C=O) groups excluding carboxylic acids is 3. The number of hydrogen-bond donors (Lipinski definition) is 0. The maximum absolute atomic E-state index is 12.3. The summed E-state index contributed by atoms with van der Waals surface area (Å²) < 4.78 is 15.7. The van der Waals surface area contributed by atoms with Crippen molar-refractivity contribution in [3.63, 3.8) is 0 Å². The van der Waals surface area contributed by atoms with Crippen LogP contribution in [0, 0.1) is 5.92 Å². The molecule has 130 valence electrons. The molecule has 2 rings (SSSR count). The second-order valence-electron chi connectivity index (χ2n) is 5.64. The summed E-state index contributed by atoms with van der Waals surface area (Å²) in [5.74, 6) is -2.66. The van der Waals surface area contributed by atoms with E-state index in [9.17, 15) is 14.4 Å². The minimum Gasteiger partial charge on any atom is -0.491 e. The van der Waals surface area contributed by atoms with Crippen LogP contribution in [0.25, 0.3) is 0 Å². The van der Waals surface area contributed by atoms with Crippen molar-refractivity contribution in [3.05, 3.63) is 29.8 Å². The van der Waals surface area contributed by atoms with E-state index in [1.165, 1.54) is 6.92 Å². The van der Waals surface area contributed by atoms with E-state index >= 15 is 0 Å². The summed E-state index contributed by atoms with van der Waals surface area (Å²) in [5, 5.41) is 0. The van der Waals surface area contributed by atoms with Gasteiger partial charge in [0.1, 0.15) is 12.4 Å². The van der Waals surface area contributed by atoms with Crippen LogP contribution < -0.4 is 4.74 Å². The Morgan fingerprint density at radius 1 is 1.25 bits per heavy atom. The van der Waals surface area contributed by atoms with E-state index in [4.69, 9.17) is 9.47 Å². The molecule has 1 fully saturated rings. The fourth-order valence-corrected chi connectivity index (χ4v) is 2.43. The van der Waals surface area contributed by atoms with Gasteiger partial charge in [-0.3, -0.25) is 9.59 Å². The minimum absolute atomic E-state index is 0.0994. The predicted molar refractivity (Wildman–Crippen MR) is 86.0 cm³/mol. The number of ketones is 2. The number of rotatable bonds is 8. The normalized spacial score (nSPS) is 18.0. The number of esters is 1. The molecule has 0 aromatic heterocycles. The van der Waals surface area contributed by atoms with Crippen molar-refractivity contribution in [2.75, 3.05) is 19.8 Å². The lowest BCUT2D eigenvalue weighted by molar-refractivity contribution is -0.154. The SMILES string of the molecule is CCOC(=O)C(=O)C(C)C(=O)c1ccc(OCC2CCCO2)cc1. The van der Waals surface area contributed by atoms with Crippen LogP contribution in [0.1, 0.15) is 37.0 Å². The highest BCUT2D eigenvalue weighted by atomic mass is 16.5. The van der Waals surface area contributed by atoms with Gasteiger partial charge >= 0.3 is 5.97 Å². The van der Waals surface area contributed by atoms with E-state index in [1.807, 2.05) is 0 Å². The molecule has 0 aliphatic carbocycles. The van der Waals surface area contributed by atoms with Crippen LogP contribution in [0.15, 0.2) is 24.3 Å². The summed E-state index contributed by atoms with van der Waals surface area (Å²) in [5.41, 5.74) is 0.351. The van der Waals surface area contributed by atoms with Crippen LogP contribution in [0.2, 0.25) is 0 Å². The summed E-state index contributed by atoms with van der Waals surface area (Å²) in [6.45, 7) is 4.36. The van der Waals surface area contributed by atoms with Gasteiger partial charge in [0.05, 0.1) is 18.6 Å². The van der Waals surface area contributed by atoms with E-state index < -0.39 is 23.5 Å². The number of benzene rings is 1. The Kier molecular flexibility index (Phi) is 6.49. The van der Waals surface area contributed by atoms with Crippen LogP contribution in [-0.4, -0.2) is 43.5 Å². The van der Waals surface area contributed by atoms with Gasteiger partial charge in [0, 0.05) is 12.2 Å². The topological polar surface area (TPSA) is 78.9 Å². The van der Waals surface area contributed by atoms with Gasteiger partial charge in [-0.05, 0) is 51.0 Å². The molecule has 0 N–H and O–H groups in total. The first-order valence-corrected chi connectivity index (χ1v) is 8.12. The Bertz CT molecular complexity index is 586. The second-order valence-corrected chi connectivity index (χ2v) is 5.64. The van der Waals surface area contributed by atoms with Crippen molar-refractivity contribution >= 4 is 17.5 Å². The number of Topliss-reactive ketones (excluding diaryl/α,β-unsaturated/α-hetero) is 2. The highest BCUT2D eigenvalue weighted by Gasteiger charge is 2.29. The molecule has 6 nitrogen and oxygen atoms in total. The zero-order valence-electron chi connectivity index (χ0n) is 13.9. The predicted octanol–water partition coefficient (Wildman–Crippen LogP) is 2.20. The molecular formula is C18H22O6. The van der Waals surface area contributed by atoms with Gasteiger partial charge in [0.2, 0.25) is 0 Å².